The maximum Gasteiger partial charge on any atom is 0.408 e. The van der Waals surface area contributed by atoms with E-state index in [1.807, 2.05) is 54.6 Å². The summed E-state index contributed by atoms with van der Waals surface area (Å²) < 4.78 is 10.6. The minimum Gasteiger partial charge on any atom is -0.496 e. The molecule has 0 aromatic heterocycles. The van der Waals surface area contributed by atoms with Crippen LogP contribution in [0.15, 0.2) is 54.6 Å². The Kier molecular flexibility index (Phi) is 5.18. The van der Waals surface area contributed by atoms with Crippen molar-refractivity contribution in [3.8, 4) is 5.75 Å². The number of hydrogen-bond acceptors (Lipinski definition) is 4. The molecule has 1 aliphatic rings. The van der Waals surface area contributed by atoms with Crippen molar-refractivity contribution < 1.29 is 19.1 Å². The van der Waals surface area contributed by atoms with Gasteiger partial charge >= 0.3 is 6.09 Å². The Hall–Kier alpha value is -3.02. The van der Waals surface area contributed by atoms with Gasteiger partial charge in [0, 0.05) is 6.54 Å². The Morgan fingerprint density at radius 3 is 2.64 bits per heavy atom. The highest BCUT2D eigenvalue weighted by molar-refractivity contribution is 5.88. The van der Waals surface area contributed by atoms with Gasteiger partial charge < -0.3 is 20.1 Å². The zero-order valence-corrected chi connectivity index (χ0v) is 13.9. The molecule has 0 saturated carbocycles. The molecule has 1 aliphatic heterocycles. The summed E-state index contributed by atoms with van der Waals surface area (Å²) in [5.41, 5.74) is 1.79. The molecule has 2 N–H and O–H groups in total. The van der Waals surface area contributed by atoms with Gasteiger partial charge in [0.2, 0.25) is 5.91 Å². The first-order valence-corrected chi connectivity index (χ1v) is 8.10. The summed E-state index contributed by atoms with van der Waals surface area (Å²) in [6.45, 7) is 0.438. The summed E-state index contributed by atoms with van der Waals surface area (Å²) in [7, 11) is 1.62. The van der Waals surface area contributed by atoms with E-state index in [9.17, 15) is 9.59 Å². The van der Waals surface area contributed by atoms with E-state index in [0.29, 0.717) is 13.0 Å². The number of benzene rings is 2. The average Bonchev–Trinajstić information content (AvgIpc) is 3.05. The van der Waals surface area contributed by atoms with E-state index in [1.165, 1.54) is 0 Å². The second kappa shape index (κ2) is 7.70. The molecule has 1 heterocycles. The number of nitrogens with one attached hydrogen (secondary N) is 2. The molecule has 2 amide bonds. The first-order chi connectivity index (χ1) is 12.2. The van der Waals surface area contributed by atoms with Crippen molar-refractivity contribution in [1.82, 2.24) is 10.6 Å². The minimum absolute atomic E-state index is 0.269. The molecule has 0 spiro atoms. The van der Waals surface area contributed by atoms with Crippen LogP contribution in [0.5, 0.6) is 5.75 Å². The number of alkyl carbamates (subject to hydrolysis) is 1. The lowest BCUT2D eigenvalue weighted by molar-refractivity contribution is -0.124. The maximum absolute atomic E-state index is 12.5. The summed E-state index contributed by atoms with van der Waals surface area (Å²) in [4.78, 5) is 24.1. The maximum atomic E-state index is 12.5. The second-order valence-corrected chi connectivity index (χ2v) is 5.71. The van der Waals surface area contributed by atoms with Gasteiger partial charge in [-0.3, -0.25) is 4.79 Å². The molecule has 1 fully saturated rings. The summed E-state index contributed by atoms with van der Waals surface area (Å²) in [6.07, 6.45) is -0.577. The van der Waals surface area contributed by atoms with Gasteiger partial charge in [-0.15, -0.1) is 0 Å². The molecule has 1 saturated heterocycles. The smallest absolute Gasteiger partial charge is 0.408 e. The lowest BCUT2D eigenvalue weighted by Gasteiger charge is -2.17. The fraction of sp³-hybridized carbons (Fsp3) is 0.263. The standard InChI is InChI=1S/C19H20N2O4/c1-24-15-10-6-5-7-13(15)11-12-20-18(22)16-17(25-19(23)21-16)14-8-3-2-4-9-14/h2-10,16-17H,11-12H2,1H3,(H,20,22)(H,21,23). The Bertz CT molecular complexity index is 748. The zero-order chi connectivity index (χ0) is 17.6. The van der Waals surface area contributed by atoms with Crippen molar-refractivity contribution in [3.63, 3.8) is 0 Å². The number of rotatable bonds is 6. The molecule has 2 atom stereocenters. The van der Waals surface area contributed by atoms with Crippen LogP contribution >= 0.6 is 0 Å². The summed E-state index contributed by atoms with van der Waals surface area (Å²) >= 11 is 0. The Balaban J connectivity index is 1.61. The predicted molar refractivity (Wildman–Crippen MR) is 92.3 cm³/mol. The van der Waals surface area contributed by atoms with Crippen LogP contribution in [0, 0.1) is 0 Å². The lowest BCUT2D eigenvalue weighted by atomic mass is 10.0. The quantitative estimate of drug-likeness (QED) is 0.845. The van der Waals surface area contributed by atoms with Crippen molar-refractivity contribution >= 4 is 12.0 Å². The van der Waals surface area contributed by atoms with Crippen LogP contribution in [0.4, 0.5) is 4.79 Å². The number of hydrogen-bond donors (Lipinski definition) is 2. The summed E-state index contributed by atoms with van der Waals surface area (Å²) in [6, 6.07) is 16.2. The van der Waals surface area contributed by atoms with E-state index < -0.39 is 18.2 Å². The zero-order valence-electron chi connectivity index (χ0n) is 13.9. The largest absolute Gasteiger partial charge is 0.496 e. The molecule has 2 aromatic carbocycles. The van der Waals surface area contributed by atoms with E-state index in [1.54, 1.807) is 7.11 Å². The molecule has 25 heavy (non-hydrogen) atoms. The highest BCUT2D eigenvalue weighted by Gasteiger charge is 2.39. The van der Waals surface area contributed by atoms with Crippen molar-refractivity contribution in [2.24, 2.45) is 0 Å². The fourth-order valence-electron chi connectivity index (χ4n) is 2.87. The van der Waals surface area contributed by atoms with Gasteiger partial charge in [-0.05, 0) is 23.6 Å². The van der Waals surface area contributed by atoms with E-state index in [-0.39, 0.29) is 5.91 Å². The normalized spacial score (nSPS) is 19.0. The molecule has 2 aromatic rings. The number of carbonyl (C=O) groups excluding carboxylic acids is 2. The van der Waals surface area contributed by atoms with Crippen LogP contribution in [-0.2, 0) is 16.0 Å². The van der Waals surface area contributed by atoms with Crippen molar-refractivity contribution in [1.29, 1.82) is 0 Å². The van der Waals surface area contributed by atoms with Gasteiger partial charge in [-0.1, -0.05) is 48.5 Å². The van der Waals surface area contributed by atoms with Crippen LogP contribution in [-0.4, -0.2) is 31.7 Å². The van der Waals surface area contributed by atoms with E-state index in [0.717, 1.165) is 16.9 Å². The number of ether oxygens (including phenoxy) is 2. The van der Waals surface area contributed by atoms with Gasteiger partial charge in [-0.2, -0.15) is 0 Å². The Morgan fingerprint density at radius 1 is 1.16 bits per heavy atom. The highest BCUT2D eigenvalue weighted by Crippen LogP contribution is 2.26. The molecule has 0 bridgehead atoms. The minimum atomic E-state index is -0.743. The van der Waals surface area contributed by atoms with Crippen LogP contribution in [0.3, 0.4) is 0 Å². The first-order valence-electron chi connectivity index (χ1n) is 8.10. The number of methoxy groups -OCH3 is 1. The Morgan fingerprint density at radius 2 is 1.88 bits per heavy atom. The molecule has 2 unspecified atom stereocenters. The second-order valence-electron chi connectivity index (χ2n) is 5.71. The van der Waals surface area contributed by atoms with Gasteiger partial charge in [0.25, 0.3) is 0 Å². The summed E-state index contributed by atoms with van der Waals surface area (Å²) in [5.74, 6) is 0.519. The molecular formula is C19H20N2O4. The Labute approximate surface area is 146 Å². The van der Waals surface area contributed by atoms with Gasteiger partial charge in [0.1, 0.15) is 5.75 Å². The van der Waals surface area contributed by atoms with Crippen molar-refractivity contribution in [3.05, 3.63) is 65.7 Å². The summed E-state index contributed by atoms with van der Waals surface area (Å²) in [5, 5.41) is 5.43. The van der Waals surface area contributed by atoms with E-state index in [2.05, 4.69) is 10.6 Å². The lowest BCUT2D eigenvalue weighted by Crippen LogP contribution is -2.44. The third-order valence-electron chi connectivity index (χ3n) is 4.11. The number of amides is 2. The topological polar surface area (TPSA) is 76.7 Å². The van der Waals surface area contributed by atoms with Crippen LogP contribution in [0.2, 0.25) is 0 Å². The average molecular weight is 340 g/mol. The highest BCUT2D eigenvalue weighted by atomic mass is 16.6. The van der Waals surface area contributed by atoms with E-state index in [4.69, 9.17) is 9.47 Å². The molecular weight excluding hydrogens is 320 g/mol. The van der Waals surface area contributed by atoms with Gasteiger partial charge in [-0.25, -0.2) is 4.79 Å². The third-order valence-corrected chi connectivity index (χ3v) is 4.11. The van der Waals surface area contributed by atoms with Crippen molar-refractivity contribution in [2.75, 3.05) is 13.7 Å². The monoisotopic (exact) mass is 340 g/mol. The molecule has 0 radical (unpaired) electrons. The van der Waals surface area contributed by atoms with Crippen molar-refractivity contribution in [2.45, 2.75) is 18.6 Å². The van der Waals surface area contributed by atoms with Gasteiger partial charge in [0.15, 0.2) is 12.1 Å². The third kappa shape index (κ3) is 3.91. The van der Waals surface area contributed by atoms with E-state index >= 15 is 0 Å². The molecule has 6 heteroatoms. The number of cyclic esters (lactones) is 1. The first kappa shape index (κ1) is 16.8. The van der Waals surface area contributed by atoms with Crippen LogP contribution in [0.25, 0.3) is 0 Å². The molecule has 6 nitrogen and oxygen atoms in total. The molecule has 130 valence electrons. The van der Waals surface area contributed by atoms with Crippen LogP contribution < -0.4 is 15.4 Å². The molecule has 3 rings (SSSR count). The molecule has 0 aliphatic carbocycles. The predicted octanol–water partition coefficient (Wildman–Crippen LogP) is 2.20. The number of carbonyl (C=O) groups is 2. The number of para-hydroxylation sites is 1. The fourth-order valence-corrected chi connectivity index (χ4v) is 2.87. The van der Waals surface area contributed by atoms with Crippen LogP contribution in [0.1, 0.15) is 17.2 Å². The van der Waals surface area contributed by atoms with Gasteiger partial charge in [0.05, 0.1) is 7.11 Å². The SMILES string of the molecule is COc1ccccc1CCNC(=O)C1NC(=O)OC1c1ccccc1.